The number of aliphatic carboxylic acids is 1. The number of nitrogens with zero attached hydrogens (tertiary/aromatic N) is 1. The fraction of sp³-hybridized carbons (Fsp3) is 0.500. The highest BCUT2D eigenvalue weighted by molar-refractivity contribution is 6.30. The van der Waals surface area contributed by atoms with E-state index < -0.39 is 17.5 Å². The van der Waals surface area contributed by atoms with E-state index in [0.29, 0.717) is 11.6 Å². The van der Waals surface area contributed by atoms with Gasteiger partial charge in [0.2, 0.25) is 5.91 Å². The third-order valence-electron chi connectivity index (χ3n) is 3.90. The number of morpholine rings is 1. The van der Waals surface area contributed by atoms with Crippen LogP contribution in [0.15, 0.2) is 24.3 Å². The van der Waals surface area contributed by atoms with Gasteiger partial charge in [-0.1, -0.05) is 23.7 Å². The summed E-state index contributed by atoms with van der Waals surface area (Å²) in [5.41, 5.74) is 0.0152. The molecule has 0 aromatic heterocycles. The van der Waals surface area contributed by atoms with E-state index in [1.807, 2.05) is 19.9 Å². The topological polar surface area (TPSA) is 66.8 Å². The van der Waals surface area contributed by atoms with Crippen molar-refractivity contribution in [3.8, 4) is 0 Å². The van der Waals surface area contributed by atoms with Gasteiger partial charge in [-0.3, -0.25) is 4.79 Å². The minimum absolute atomic E-state index is 0.0580. The van der Waals surface area contributed by atoms with Crippen LogP contribution in [0.5, 0.6) is 0 Å². The van der Waals surface area contributed by atoms with Crippen molar-refractivity contribution in [2.45, 2.75) is 38.4 Å². The molecular weight excluding hydrogens is 306 g/mol. The molecule has 1 aliphatic heterocycles. The fourth-order valence-corrected chi connectivity index (χ4v) is 2.84. The molecule has 0 radical (unpaired) electrons. The lowest BCUT2D eigenvalue weighted by atomic mass is 9.83. The number of carboxylic acids is 1. The predicted molar refractivity (Wildman–Crippen MR) is 83.0 cm³/mol. The molecule has 1 aromatic rings. The van der Waals surface area contributed by atoms with Crippen molar-refractivity contribution < 1.29 is 19.4 Å². The first-order valence-corrected chi connectivity index (χ1v) is 7.53. The molecule has 1 heterocycles. The Morgan fingerprint density at radius 1 is 1.36 bits per heavy atom. The van der Waals surface area contributed by atoms with Crippen LogP contribution in [0, 0.1) is 0 Å². The number of carbonyl (C=O) groups excluding carboxylic acids is 1. The standard InChI is InChI=1S/C16H20ClNO4/c1-10-8-18(9-13(22-10)14(19)20)15(21)16(2,3)11-5-4-6-12(17)7-11/h4-7,10,13H,8-9H2,1-3H3,(H,19,20)/t10-,13?/m1/s1. The maximum Gasteiger partial charge on any atom is 0.334 e. The SMILES string of the molecule is C[C@@H]1CN(C(=O)C(C)(C)c2cccc(Cl)c2)CC(C(=O)O)O1. The lowest BCUT2D eigenvalue weighted by Crippen LogP contribution is -2.55. The minimum Gasteiger partial charge on any atom is -0.479 e. The summed E-state index contributed by atoms with van der Waals surface area (Å²) in [7, 11) is 0. The van der Waals surface area contributed by atoms with Crippen molar-refractivity contribution in [2.24, 2.45) is 0 Å². The van der Waals surface area contributed by atoms with E-state index in [1.54, 1.807) is 30.0 Å². The summed E-state index contributed by atoms with van der Waals surface area (Å²) in [6, 6.07) is 7.16. The maximum atomic E-state index is 12.9. The second-order valence-electron chi connectivity index (χ2n) is 6.12. The van der Waals surface area contributed by atoms with Crippen molar-refractivity contribution in [3.05, 3.63) is 34.9 Å². The van der Waals surface area contributed by atoms with E-state index in [0.717, 1.165) is 5.56 Å². The highest BCUT2D eigenvalue weighted by atomic mass is 35.5. The van der Waals surface area contributed by atoms with Gasteiger partial charge in [0.1, 0.15) is 0 Å². The Labute approximate surface area is 134 Å². The van der Waals surface area contributed by atoms with Gasteiger partial charge in [-0.05, 0) is 38.5 Å². The van der Waals surface area contributed by atoms with Gasteiger partial charge in [0.15, 0.2) is 6.10 Å². The zero-order valence-corrected chi connectivity index (χ0v) is 13.6. The summed E-state index contributed by atoms with van der Waals surface area (Å²) in [6.07, 6.45) is -1.29. The Morgan fingerprint density at radius 3 is 2.64 bits per heavy atom. The minimum atomic E-state index is -1.05. The number of halogens is 1. The smallest absolute Gasteiger partial charge is 0.334 e. The number of carbonyl (C=O) groups is 2. The highest BCUT2D eigenvalue weighted by Crippen LogP contribution is 2.29. The molecule has 1 aromatic carbocycles. The van der Waals surface area contributed by atoms with Gasteiger partial charge in [-0.2, -0.15) is 0 Å². The summed E-state index contributed by atoms with van der Waals surface area (Å²) in [4.78, 5) is 25.6. The number of benzene rings is 1. The van der Waals surface area contributed by atoms with Crippen LogP contribution in [-0.2, 0) is 19.7 Å². The summed E-state index contributed by atoms with van der Waals surface area (Å²) in [5.74, 6) is -1.18. The van der Waals surface area contributed by atoms with Crippen LogP contribution < -0.4 is 0 Å². The van der Waals surface area contributed by atoms with E-state index >= 15 is 0 Å². The van der Waals surface area contributed by atoms with Crippen LogP contribution >= 0.6 is 11.6 Å². The number of carboxylic acid groups (broad SMARTS) is 1. The normalized spacial score (nSPS) is 22.5. The van der Waals surface area contributed by atoms with E-state index in [4.69, 9.17) is 21.4 Å². The lowest BCUT2D eigenvalue weighted by Gasteiger charge is -2.39. The molecule has 1 unspecified atom stereocenters. The predicted octanol–water partition coefficient (Wildman–Crippen LogP) is 2.32. The van der Waals surface area contributed by atoms with E-state index in [2.05, 4.69) is 0 Å². The monoisotopic (exact) mass is 325 g/mol. The van der Waals surface area contributed by atoms with Gasteiger partial charge in [0.25, 0.3) is 0 Å². The van der Waals surface area contributed by atoms with Gasteiger partial charge in [0.05, 0.1) is 18.1 Å². The van der Waals surface area contributed by atoms with E-state index in [9.17, 15) is 9.59 Å². The molecule has 1 N–H and O–H groups in total. The zero-order valence-electron chi connectivity index (χ0n) is 12.9. The Morgan fingerprint density at radius 2 is 2.05 bits per heavy atom. The van der Waals surface area contributed by atoms with Crippen LogP contribution in [0.1, 0.15) is 26.3 Å². The maximum absolute atomic E-state index is 12.9. The Hall–Kier alpha value is -1.59. The Balaban J connectivity index is 2.23. The average molecular weight is 326 g/mol. The third-order valence-corrected chi connectivity index (χ3v) is 4.14. The highest BCUT2D eigenvalue weighted by Gasteiger charge is 2.39. The number of ether oxygens (including phenoxy) is 1. The number of amides is 1. The molecular formula is C16H20ClNO4. The number of rotatable bonds is 3. The lowest BCUT2D eigenvalue weighted by molar-refractivity contribution is -0.168. The van der Waals surface area contributed by atoms with Crippen LogP contribution in [0.4, 0.5) is 0 Å². The second kappa shape index (κ2) is 6.26. The molecule has 1 fully saturated rings. The molecule has 6 heteroatoms. The van der Waals surface area contributed by atoms with Crippen LogP contribution in [0.25, 0.3) is 0 Å². The Kier molecular flexibility index (Phi) is 4.78. The van der Waals surface area contributed by atoms with Crippen molar-refractivity contribution in [2.75, 3.05) is 13.1 Å². The molecule has 1 saturated heterocycles. The summed E-state index contributed by atoms with van der Waals surface area (Å²) >= 11 is 6.01. The average Bonchev–Trinajstić information content (AvgIpc) is 2.45. The van der Waals surface area contributed by atoms with Crippen molar-refractivity contribution in [1.82, 2.24) is 4.90 Å². The van der Waals surface area contributed by atoms with Crippen molar-refractivity contribution >= 4 is 23.5 Å². The molecule has 0 aliphatic carbocycles. The van der Waals surface area contributed by atoms with E-state index in [1.165, 1.54) is 0 Å². The van der Waals surface area contributed by atoms with Gasteiger partial charge >= 0.3 is 5.97 Å². The van der Waals surface area contributed by atoms with Crippen molar-refractivity contribution in [1.29, 1.82) is 0 Å². The molecule has 1 aliphatic rings. The molecule has 0 saturated carbocycles. The number of hydrogen-bond acceptors (Lipinski definition) is 3. The third kappa shape index (κ3) is 3.42. The van der Waals surface area contributed by atoms with Gasteiger partial charge in [0, 0.05) is 11.6 Å². The molecule has 0 bridgehead atoms. The van der Waals surface area contributed by atoms with Gasteiger partial charge < -0.3 is 14.7 Å². The molecule has 0 spiro atoms. The molecule has 2 atom stereocenters. The number of hydrogen-bond donors (Lipinski definition) is 1. The van der Waals surface area contributed by atoms with Crippen molar-refractivity contribution in [3.63, 3.8) is 0 Å². The van der Waals surface area contributed by atoms with Crippen LogP contribution in [0.2, 0.25) is 5.02 Å². The quantitative estimate of drug-likeness (QED) is 0.926. The molecule has 5 nitrogen and oxygen atoms in total. The molecule has 2 rings (SSSR count). The van der Waals surface area contributed by atoms with Gasteiger partial charge in [-0.15, -0.1) is 0 Å². The molecule has 120 valence electrons. The Bertz CT molecular complexity index is 587. The largest absolute Gasteiger partial charge is 0.479 e. The first-order chi connectivity index (χ1) is 10.2. The first kappa shape index (κ1) is 16.8. The van der Waals surface area contributed by atoms with Crippen LogP contribution in [-0.4, -0.2) is 47.2 Å². The summed E-state index contributed by atoms with van der Waals surface area (Å²) in [5, 5.41) is 9.70. The summed E-state index contributed by atoms with van der Waals surface area (Å²) < 4.78 is 5.35. The first-order valence-electron chi connectivity index (χ1n) is 7.15. The second-order valence-corrected chi connectivity index (χ2v) is 6.56. The zero-order chi connectivity index (χ0) is 16.5. The molecule has 22 heavy (non-hydrogen) atoms. The summed E-state index contributed by atoms with van der Waals surface area (Å²) in [6.45, 7) is 5.84. The molecule has 1 amide bonds. The van der Waals surface area contributed by atoms with Gasteiger partial charge in [-0.25, -0.2) is 4.79 Å². The van der Waals surface area contributed by atoms with Crippen LogP contribution in [0.3, 0.4) is 0 Å². The fourth-order valence-electron chi connectivity index (χ4n) is 2.65. The van der Waals surface area contributed by atoms with E-state index in [-0.39, 0.29) is 18.6 Å².